The molecule has 0 aromatic heterocycles. The van der Waals surface area contributed by atoms with Crippen LogP contribution in [0.2, 0.25) is 0 Å². The molecule has 0 aliphatic carbocycles. The molecule has 2 aromatic carbocycles. The van der Waals surface area contributed by atoms with Gasteiger partial charge in [0.2, 0.25) is 5.91 Å². The molecule has 1 atom stereocenters. The van der Waals surface area contributed by atoms with Crippen molar-refractivity contribution < 1.29 is 18.3 Å². The monoisotopic (exact) mass is 359 g/mol. The molecule has 2 aromatic rings. The lowest BCUT2D eigenvalue weighted by Crippen LogP contribution is -2.39. The molecule has 0 bridgehead atoms. The molecule has 0 heterocycles. The summed E-state index contributed by atoms with van der Waals surface area (Å²) in [5.41, 5.74) is 1.57. The molecule has 7 heteroatoms. The molecule has 136 valence electrons. The first-order chi connectivity index (χ1) is 12.4. The van der Waals surface area contributed by atoms with E-state index in [1.807, 2.05) is 6.07 Å². The van der Waals surface area contributed by atoms with Crippen LogP contribution in [0, 0.1) is 11.3 Å². The second-order valence-corrected chi connectivity index (χ2v) is 5.76. The van der Waals surface area contributed by atoms with Gasteiger partial charge >= 0.3 is 6.61 Å². The molecule has 5 nitrogen and oxygen atoms in total. The third kappa shape index (κ3) is 5.26. The van der Waals surface area contributed by atoms with Crippen LogP contribution in [0.4, 0.5) is 14.5 Å². The highest BCUT2D eigenvalue weighted by Gasteiger charge is 2.19. The molecular formula is C19H19F2N3O2. The smallest absolute Gasteiger partial charge is 0.387 e. The number of para-hydroxylation sites is 1. The predicted octanol–water partition coefficient (Wildman–Crippen LogP) is 3.62. The van der Waals surface area contributed by atoms with E-state index < -0.39 is 12.7 Å². The topological polar surface area (TPSA) is 65.4 Å². The van der Waals surface area contributed by atoms with Gasteiger partial charge in [0.1, 0.15) is 11.8 Å². The lowest BCUT2D eigenvalue weighted by Gasteiger charge is -2.24. The molecule has 1 unspecified atom stereocenters. The molecule has 0 radical (unpaired) electrons. The van der Waals surface area contributed by atoms with E-state index in [1.54, 1.807) is 55.3 Å². The minimum Gasteiger partial charge on any atom is -0.435 e. The highest BCUT2D eigenvalue weighted by molar-refractivity contribution is 5.95. The highest BCUT2D eigenvalue weighted by atomic mass is 19.3. The highest BCUT2D eigenvalue weighted by Crippen LogP contribution is 2.18. The number of nitriles is 1. The zero-order chi connectivity index (χ0) is 19.1. The number of anilines is 1. The van der Waals surface area contributed by atoms with Gasteiger partial charge in [0, 0.05) is 6.54 Å². The lowest BCUT2D eigenvalue weighted by atomic mass is 10.1. The third-order valence-corrected chi connectivity index (χ3v) is 3.90. The van der Waals surface area contributed by atoms with Gasteiger partial charge in [0.05, 0.1) is 17.3 Å². The van der Waals surface area contributed by atoms with E-state index >= 15 is 0 Å². The number of halogens is 2. The van der Waals surface area contributed by atoms with Crippen molar-refractivity contribution in [3.8, 4) is 11.8 Å². The fraction of sp³-hybridized carbons (Fsp3) is 0.263. The summed E-state index contributed by atoms with van der Waals surface area (Å²) in [6.45, 7) is -0.786. The Labute approximate surface area is 150 Å². The molecule has 0 aliphatic heterocycles. The van der Waals surface area contributed by atoms with E-state index in [2.05, 4.69) is 10.1 Å². The van der Waals surface area contributed by atoms with Crippen LogP contribution in [-0.2, 0) is 11.3 Å². The Morgan fingerprint density at radius 1 is 1.27 bits per heavy atom. The van der Waals surface area contributed by atoms with Gasteiger partial charge in [-0.05, 0) is 43.8 Å². The normalized spacial score (nSPS) is 11.9. The van der Waals surface area contributed by atoms with Crippen LogP contribution in [0.25, 0.3) is 0 Å². The number of rotatable bonds is 7. The Hall–Kier alpha value is -2.98. The first-order valence-electron chi connectivity index (χ1n) is 7.94. The summed E-state index contributed by atoms with van der Waals surface area (Å²) < 4.78 is 29.0. The number of hydrogen-bond donors (Lipinski definition) is 1. The van der Waals surface area contributed by atoms with E-state index in [-0.39, 0.29) is 11.7 Å². The summed E-state index contributed by atoms with van der Waals surface area (Å²) in [5, 5.41) is 11.8. The van der Waals surface area contributed by atoms with Crippen molar-refractivity contribution in [2.45, 2.75) is 26.1 Å². The number of amides is 1. The number of benzene rings is 2. The van der Waals surface area contributed by atoms with Gasteiger partial charge in [-0.3, -0.25) is 9.69 Å². The zero-order valence-corrected chi connectivity index (χ0v) is 14.4. The average Bonchev–Trinajstić information content (AvgIpc) is 2.61. The molecule has 0 saturated carbocycles. The Morgan fingerprint density at radius 3 is 2.69 bits per heavy atom. The van der Waals surface area contributed by atoms with Crippen molar-refractivity contribution >= 4 is 11.6 Å². The van der Waals surface area contributed by atoms with Crippen LogP contribution < -0.4 is 10.1 Å². The van der Waals surface area contributed by atoms with Crippen LogP contribution in [0.15, 0.2) is 48.5 Å². The maximum absolute atomic E-state index is 12.4. The Balaban J connectivity index is 2.01. The first kappa shape index (κ1) is 19.3. The second kappa shape index (κ2) is 8.92. The van der Waals surface area contributed by atoms with Gasteiger partial charge in [0.15, 0.2) is 0 Å². The molecule has 0 fully saturated rings. The molecule has 0 saturated heterocycles. The number of ether oxygens (including phenoxy) is 1. The van der Waals surface area contributed by atoms with Crippen LogP contribution >= 0.6 is 0 Å². The van der Waals surface area contributed by atoms with Gasteiger partial charge in [0.25, 0.3) is 0 Å². The fourth-order valence-corrected chi connectivity index (χ4v) is 2.37. The summed E-state index contributed by atoms with van der Waals surface area (Å²) in [4.78, 5) is 14.2. The third-order valence-electron chi connectivity index (χ3n) is 3.90. The Kier molecular flexibility index (Phi) is 6.64. The van der Waals surface area contributed by atoms with Gasteiger partial charge < -0.3 is 10.1 Å². The number of carbonyl (C=O) groups excluding carboxylic acids is 1. The van der Waals surface area contributed by atoms with Crippen molar-refractivity contribution in [2.24, 2.45) is 0 Å². The molecule has 2 rings (SSSR count). The van der Waals surface area contributed by atoms with Crippen molar-refractivity contribution in [2.75, 3.05) is 12.4 Å². The molecule has 1 amide bonds. The molecule has 1 N–H and O–H groups in total. The summed E-state index contributed by atoms with van der Waals surface area (Å²) in [5.74, 6) is -0.193. The first-order valence-corrected chi connectivity index (χ1v) is 7.94. The number of carbonyl (C=O) groups is 1. The SMILES string of the molecule is CC(C(=O)Nc1ccccc1C#N)N(C)Cc1cccc(OC(F)F)c1. The molecular weight excluding hydrogens is 340 g/mol. The number of alkyl halides is 2. The summed E-state index contributed by atoms with van der Waals surface area (Å²) >= 11 is 0. The maximum Gasteiger partial charge on any atom is 0.387 e. The number of hydrogen-bond acceptors (Lipinski definition) is 4. The van der Waals surface area contributed by atoms with Crippen molar-refractivity contribution in [1.29, 1.82) is 5.26 Å². The van der Waals surface area contributed by atoms with E-state index in [0.717, 1.165) is 5.56 Å². The van der Waals surface area contributed by atoms with Gasteiger partial charge in [-0.1, -0.05) is 24.3 Å². The maximum atomic E-state index is 12.4. The lowest BCUT2D eigenvalue weighted by molar-refractivity contribution is -0.120. The largest absolute Gasteiger partial charge is 0.435 e. The van der Waals surface area contributed by atoms with Crippen LogP contribution in [0.1, 0.15) is 18.1 Å². The van der Waals surface area contributed by atoms with Crippen molar-refractivity contribution in [1.82, 2.24) is 4.90 Å². The molecule has 0 aliphatic rings. The summed E-state index contributed by atoms with van der Waals surface area (Å²) in [7, 11) is 1.75. The zero-order valence-electron chi connectivity index (χ0n) is 14.4. The number of nitrogens with one attached hydrogen (secondary N) is 1. The quantitative estimate of drug-likeness (QED) is 0.820. The summed E-state index contributed by atoms with van der Waals surface area (Å²) in [6.07, 6.45) is 0. The Bertz CT molecular complexity index is 805. The van der Waals surface area contributed by atoms with E-state index in [0.29, 0.717) is 17.8 Å². The van der Waals surface area contributed by atoms with E-state index in [4.69, 9.17) is 5.26 Å². The number of nitrogens with zero attached hydrogens (tertiary/aromatic N) is 2. The Morgan fingerprint density at radius 2 is 2.00 bits per heavy atom. The minimum absolute atomic E-state index is 0.0750. The fourth-order valence-electron chi connectivity index (χ4n) is 2.37. The van der Waals surface area contributed by atoms with Gasteiger partial charge in [-0.2, -0.15) is 14.0 Å². The molecule has 0 spiro atoms. The minimum atomic E-state index is -2.88. The molecule has 26 heavy (non-hydrogen) atoms. The van der Waals surface area contributed by atoms with E-state index in [9.17, 15) is 13.6 Å². The van der Waals surface area contributed by atoms with E-state index in [1.165, 1.54) is 12.1 Å². The second-order valence-electron chi connectivity index (χ2n) is 5.76. The summed E-state index contributed by atoms with van der Waals surface area (Å²) in [6, 6.07) is 14.6. The average molecular weight is 359 g/mol. The van der Waals surface area contributed by atoms with Crippen molar-refractivity contribution in [3.05, 3.63) is 59.7 Å². The van der Waals surface area contributed by atoms with Gasteiger partial charge in [-0.15, -0.1) is 0 Å². The van der Waals surface area contributed by atoms with Crippen LogP contribution in [-0.4, -0.2) is 30.5 Å². The van der Waals surface area contributed by atoms with Crippen LogP contribution in [0.3, 0.4) is 0 Å². The van der Waals surface area contributed by atoms with Gasteiger partial charge in [-0.25, -0.2) is 0 Å². The predicted molar refractivity (Wildman–Crippen MR) is 93.8 cm³/mol. The van der Waals surface area contributed by atoms with Crippen LogP contribution in [0.5, 0.6) is 5.75 Å². The standard InChI is InChI=1S/C19H19F2N3O2/c1-13(18(25)23-17-9-4-3-7-15(17)11-22)24(2)12-14-6-5-8-16(10-14)26-19(20)21/h3-10,13,19H,12H2,1-2H3,(H,23,25). The number of likely N-dealkylation sites (N-methyl/N-ethyl adjacent to an activating group) is 1. The van der Waals surface area contributed by atoms with Crippen molar-refractivity contribution in [3.63, 3.8) is 0 Å².